The quantitative estimate of drug-likeness (QED) is 0.656. The Morgan fingerprint density at radius 2 is 1.55 bits per heavy atom. The standard InChI is InChI=1S/C7H15NO.C2H6/c1-5(2)6(3)7(9)8-4;1-2/h5-6H,1-4H3,(H,8,9);1-2H3. The predicted octanol–water partition coefficient (Wildman–Crippen LogP) is 2.05. The normalized spacial score (nSPS) is 11.5. The summed E-state index contributed by atoms with van der Waals surface area (Å²) in [5, 5.41) is 2.61. The second kappa shape index (κ2) is 7.58. The molecule has 0 heterocycles. The van der Waals surface area contributed by atoms with Crippen LogP contribution in [-0.4, -0.2) is 13.0 Å². The minimum Gasteiger partial charge on any atom is -0.359 e. The lowest BCUT2D eigenvalue weighted by Crippen LogP contribution is -2.28. The number of carbonyl (C=O) groups excluding carboxylic acids is 1. The molecule has 0 bridgehead atoms. The molecule has 0 saturated carbocycles. The third kappa shape index (κ3) is 5.89. The van der Waals surface area contributed by atoms with Crippen LogP contribution in [0.5, 0.6) is 0 Å². The average molecular weight is 159 g/mol. The van der Waals surface area contributed by atoms with E-state index in [1.807, 2.05) is 34.6 Å². The Hall–Kier alpha value is -0.530. The van der Waals surface area contributed by atoms with Crippen LogP contribution >= 0.6 is 0 Å². The van der Waals surface area contributed by atoms with Crippen LogP contribution in [0.4, 0.5) is 0 Å². The van der Waals surface area contributed by atoms with Gasteiger partial charge in [0.15, 0.2) is 0 Å². The highest BCUT2D eigenvalue weighted by Gasteiger charge is 2.13. The van der Waals surface area contributed by atoms with Gasteiger partial charge in [0.05, 0.1) is 0 Å². The van der Waals surface area contributed by atoms with Crippen LogP contribution in [0, 0.1) is 11.8 Å². The molecule has 0 aromatic rings. The van der Waals surface area contributed by atoms with Crippen molar-refractivity contribution in [2.45, 2.75) is 34.6 Å². The molecule has 68 valence electrons. The molecule has 0 aliphatic carbocycles. The van der Waals surface area contributed by atoms with E-state index < -0.39 is 0 Å². The van der Waals surface area contributed by atoms with Gasteiger partial charge in [0.2, 0.25) is 5.91 Å². The Balaban J connectivity index is 0. The molecule has 0 aliphatic heterocycles. The van der Waals surface area contributed by atoms with Crippen LogP contribution in [0.15, 0.2) is 0 Å². The predicted molar refractivity (Wildman–Crippen MR) is 49.4 cm³/mol. The third-order valence-electron chi connectivity index (χ3n) is 1.66. The second-order valence-corrected chi connectivity index (χ2v) is 2.65. The summed E-state index contributed by atoms with van der Waals surface area (Å²) in [5.41, 5.74) is 0. The Morgan fingerprint density at radius 1 is 1.18 bits per heavy atom. The van der Waals surface area contributed by atoms with Gasteiger partial charge in [0.1, 0.15) is 0 Å². The highest BCUT2D eigenvalue weighted by atomic mass is 16.1. The summed E-state index contributed by atoms with van der Waals surface area (Å²) in [6.45, 7) is 10.0. The molecule has 1 N–H and O–H groups in total. The zero-order valence-corrected chi connectivity index (χ0v) is 8.56. The van der Waals surface area contributed by atoms with E-state index in [1.165, 1.54) is 0 Å². The topological polar surface area (TPSA) is 29.1 Å². The molecule has 0 aromatic carbocycles. The fourth-order valence-corrected chi connectivity index (χ4v) is 0.530. The van der Waals surface area contributed by atoms with Crippen molar-refractivity contribution in [3.8, 4) is 0 Å². The zero-order chi connectivity index (χ0) is 9.44. The van der Waals surface area contributed by atoms with Crippen LogP contribution in [0.1, 0.15) is 34.6 Å². The Labute approximate surface area is 70.4 Å². The van der Waals surface area contributed by atoms with Crippen molar-refractivity contribution < 1.29 is 4.79 Å². The van der Waals surface area contributed by atoms with Crippen LogP contribution in [0.3, 0.4) is 0 Å². The molecular weight excluding hydrogens is 138 g/mol. The van der Waals surface area contributed by atoms with E-state index in [2.05, 4.69) is 5.32 Å². The van der Waals surface area contributed by atoms with Gasteiger partial charge in [-0.3, -0.25) is 4.79 Å². The van der Waals surface area contributed by atoms with Crippen LogP contribution in [0.25, 0.3) is 0 Å². The molecule has 1 amide bonds. The van der Waals surface area contributed by atoms with Gasteiger partial charge in [0, 0.05) is 13.0 Å². The summed E-state index contributed by atoms with van der Waals surface area (Å²) >= 11 is 0. The molecule has 1 atom stereocenters. The average Bonchev–Trinajstić information content (AvgIpc) is 2.05. The monoisotopic (exact) mass is 159 g/mol. The molecular formula is C9H21NO. The Kier molecular flexibility index (Phi) is 9.01. The van der Waals surface area contributed by atoms with Crippen molar-refractivity contribution in [1.29, 1.82) is 0 Å². The van der Waals surface area contributed by atoms with Gasteiger partial charge in [-0.25, -0.2) is 0 Å². The second-order valence-electron chi connectivity index (χ2n) is 2.65. The Morgan fingerprint density at radius 3 is 1.64 bits per heavy atom. The molecule has 0 aliphatic rings. The molecule has 2 nitrogen and oxygen atoms in total. The van der Waals surface area contributed by atoms with Gasteiger partial charge in [-0.05, 0) is 5.92 Å². The maximum atomic E-state index is 10.8. The molecule has 0 radical (unpaired) electrons. The van der Waals surface area contributed by atoms with E-state index in [4.69, 9.17) is 0 Å². The van der Waals surface area contributed by atoms with E-state index in [1.54, 1.807) is 7.05 Å². The molecule has 2 heteroatoms. The van der Waals surface area contributed by atoms with Crippen molar-refractivity contribution in [1.82, 2.24) is 5.32 Å². The van der Waals surface area contributed by atoms with Gasteiger partial charge in [-0.1, -0.05) is 34.6 Å². The van der Waals surface area contributed by atoms with Crippen molar-refractivity contribution in [2.75, 3.05) is 7.05 Å². The fraction of sp³-hybridized carbons (Fsp3) is 0.889. The van der Waals surface area contributed by atoms with E-state index >= 15 is 0 Å². The minimum atomic E-state index is 0.130. The molecule has 1 unspecified atom stereocenters. The third-order valence-corrected chi connectivity index (χ3v) is 1.66. The number of rotatable bonds is 2. The maximum Gasteiger partial charge on any atom is 0.222 e. The lowest BCUT2D eigenvalue weighted by atomic mass is 9.98. The largest absolute Gasteiger partial charge is 0.359 e. The van der Waals surface area contributed by atoms with Crippen LogP contribution in [-0.2, 0) is 4.79 Å². The first-order valence-electron chi connectivity index (χ1n) is 4.31. The van der Waals surface area contributed by atoms with Gasteiger partial charge < -0.3 is 5.32 Å². The van der Waals surface area contributed by atoms with Gasteiger partial charge >= 0.3 is 0 Å². The molecule has 0 rings (SSSR count). The van der Waals surface area contributed by atoms with Crippen molar-refractivity contribution >= 4 is 5.91 Å². The lowest BCUT2D eigenvalue weighted by Gasteiger charge is -2.12. The van der Waals surface area contributed by atoms with Crippen molar-refractivity contribution in [3.63, 3.8) is 0 Å². The van der Waals surface area contributed by atoms with E-state index in [0.717, 1.165) is 0 Å². The minimum absolute atomic E-state index is 0.130. The van der Waals surface area contributed by atoms with Gasteiger partial charge in [-0.2, -0.15) is 0 Å². The molecule has 0 saturated heterocycles. The first-order valence-corrected chi connectivity index (χ1v) is 4.31. The molecule has 11 heavy (non-hydrogen) atoms. The summed E-state index contributed by atoms with van der Waals surface area (Å²) in [6.07, 6.45) is 0. The maximum absolute atomic E-state index is 10.8. The number of amides is 1. The SMILES string of the molecule is CC.CNC(=O)C(C)C(C)C. The van der Waals surface area contributed by atoms with E-state index in [-0.39, 0.29) is 11.8 Å². The van der Waals surface area contributed by atoms with Crippen LogP contribution in [0.2, 0.25) is 0 Å². The first-order chi connectivity index (χ1) is 5.09. The van der Waals surface area contributed by atoms with Crippen LogP contribution < -0.4 is 5.32 Å². The summed E-state index contributed by atoms with van der Waals surface area (Å²) in [5.74, 6) is 0.699. The van der Waals surface area contributed by atoms with Crippen molar-refractivity contribution in [3.05, 3.63) is 0 Å². The highest BCUT2D eigenvalue weighted by Crippen LogP contribution is 2.08. The summed E-state index contributed by atoms with van der Waals surface area (Å²) in [4.78, 5) is 10.8. The molecule has 0 aromatic heterocycles. The molecule has 0 spiro atoms. The van der Waals surface area contributed by atoms with Crippen molar-refractivity contribution in [2.24, 2.45) is 11.8 Å². The first kappa shape index (κ1) is 13.1. The number of hydrogen-bond acceptors (Lipinski definition) is 1. The van der Waals surface area contributed by atoms with E-state index in [0.29, 0.717) is 5.92 Å². The van der Waals surface area contributed by atoms with Gasteiger partial charge in [0.25, 0.3) is 0 Å². The Bertz CT molecular complexity index is 99.7. The number of hydrogen-bond donors (Lipinski definition) is 1. The van der Waals surface area contributed by atoms with Gasteiger partial charge in [-0.15, -0.1) is 0 Å². The fourth-order valence-electron chi connectivity index (χ4n) is 0.530. The summed E-state index contributed by atoms with van der Waals surface area (Å²) < 4.78 is 0. The number of carbonyl (C=O) groups is 1. The zero-order valence-electron chi connectivity index (χ0n) is 8.56. The number of nitrogens with one attached hydrogen (secondary N) is 1. The summed E-state index contributed by atoms with van der Waals surface area (Å²) in [6, 6.07) is 0. The highest BCUT2D eigenvalue weighted by molar-refractivity contribution is 5.78. The molecule has 0 fully saturated rings. The smallest absolute Gasteiger partial charge is 0.222 e. The summed E-state index contributed by atoms with van der Waals surface area (Å²) in [7, 11) is 1.67. The lowest BCUT2D eigenvalue weighted by molar-refractivity contribution is -0.125. The van der Waals surface area contributed by atoms with E-state index in [9.17, 15) is 4.79 Å².